The van der Waals surface area contributed by atoms with Crippen LogP contribution in [0.3, 0.4) is 0 Å². The van der Waals surface area contributed by atoms with E-state index in [9.17, 15) is 4.79 Å². The first-order valence-corrected chi connectivity index (χ1v) is 10.0. The van der Waals surface area contributed by atoms with Crippen molar-refractivity contribution in [2.75, 3.05) is 44.2 Å². The average molecular weight is 385 g/mol. The number of hydrogen-bond acceptors (Lipinski definition) is 8. The summed E-state index contributed by atoms with van der Waals surface area (Å²) in [5.74, 6) is 0.679. The molecule has 0 saturated carbocycles. The first-order chi connectivity index (χ1) is 13.6. The van der Waals surface area contributed by atoms with Crippen LogP contribution in [0, 0.1) is 13.8 Å². The number of rotatable bonds is 4. The first kappa shape index (κ1) is 18.8. The molecule has 0 atom stereocenters. The highest BCUT2D eigenvalue weighted by Crippen LogP contribution is 2.18. The Morgan fingerprint density at radius 2 is 1.75 bits per heavy atom. The van der Waals surface area contributed by atoms with E-state index < -0.39 is 0 Å². The molecule has 2 aliphatic rings. The summed E-state index contributed by atoms with van der Waals surface area (Å²) in [5.41, 5.74) is 3.02. The topological polar surface area (TPSA) is 91.5 Å². The van der Waals surface area contributed by atoms with Gasteiger partial charge in [0.2, 0.25) is 5.95 Å². The lowest BCUT2D eigenvalue weighted by Crippen LogP contribution is -2.48. The number of piperazine rings is 1. The van der Waals surface area contributed by atoms with Gasteiger partial charge in [-0.15, -0.1) is 0 Å². The predicted molar refractivity (Wildman–Crippen MR) is 103 cm³/mol. The summed E-state index contributed by atoms with van der Waals surface area (Å²) in [5, 5.41) is 7.77. The number of nitrogens with zero attached hydrogens (tertiary/aromatic N) is 7. The molecular weight excluding hydrogens is 358 g/mol. The molecule has 0 aliphatic carbocycles. The van der Waals surface area contributed by atoms with Crippen LogP contribution in [0.5, 0.6) is 0 Å². The first-order valence-electron chi connectivity index (χ1n) is 10.0. The second kappa shape index (κ2) is 8.22. The maximum Gasteiger partial charge on any atom is 0.272 e. The molecule has 1 amide bonds. The third kappa shape index (κ3) is 4.14. The zero-order valence-electron chi connectivity index (χ0n) is 16.6. The fraction of sp³-hybridized carbons (Fsp3) is 0.632. The number of aromatic nitrogens is 4. The van der Waals surface area contributed by atoms with Gasteiger partial charge in [0, 0.05) is 51.5 Å². The van der Waals surface area contributed by atoms with E-state index in [1.807, 2.05) is 18.7 Å². The van der Waals surface area contributed by atoms with E-state index in [4.69, 9.17) is 4.63 Å². The fourth-order valence-corrected chi connectivity index (χ4v) is 3.77. The molecule has 28 heavy (non-hydrogen) atoms. The highest BCUT2D eigenvalue weighted by Gasteiger charge is 2.25. The summed E-state index contributed by atoms with van der Waals surface area (Å²) < 4.78 is 4.77. The molecule has 2 saturated heterocycles. The maximum absolute atomic E-state index is 13.0. The van der Waals surface area contributed by atoms with Crippen molar-refractivity contribution in [3.63, 3.8) is 0 Å². The minimum absolute atomic E-state index is 0.0114. The van der Waals surface area contributed by atoms with Gasteiger partial charge >= 0.3 is 0 Å². The highest BCUT2D eigenvalue weighted by atomic mass is 16.6. The molecule has 150 valence electrons. The maximum atomic E-state index is 13.0. The van der Waals surface area contributed by atoms with E-state index in [1.165, 1.54) is 6.42 Å². The molecule has 2 fully saturated rings. The van der Waals surface area contributed by atoms with Crippen LogP contribution in [-0.4, -0.2) is 75.3 Å². The Labute approximate surface area is 164 Å². The summed E-state index contributed by atoms with van der Waals surface area (Å²) in [6, 6.07) is 1.80. The largest absolute Gasteiger partial charge is 0.341 e. The Balaban J connectivity index is 1.39. The number of piperidine rings is 1. The zero-order valence-corrected chi connectivity index (χ0v) is 16.6. The molecule has 2 aromatic rings. The van der Waals surface area contributed by atoms with Crippen LogP contribution in [0.4, 0.5) is 5.95 Å². The van der Waals surface area contributed by atoms with E-state index in [0.717, 1.165) is 56.1 Å². The summed E-state index contributed by atoms with van der Waals surface area (Å²) in [6.07, 6.45) is 3.56. The molecule has 0 aromatic carbocycles. The second-order valence-electron chi connectivity index (χ2n) is 7.61. The van der Waals surface area contributed by atoms with E-state index >= 15 is 0 Å². The number of carbonyl (C=O) groups is 1. The molecule has 0 bridgehead atoms. The standard InChI is InChI=1S/C19H27N7O2/c1-14-12-16(21-19(20-14)26-6-4-3-5-7-26)18(27)25-10-8-24(9-11-25)13-17-15(2)22-28-23-17/h12H,3-11,13H2,1-2H3. The minimum Gasteiger partial charge on any atom is -0.341 e. The van der Waals surface area contributed by atoms with Crippen molar-refractivity contribution in [3.8, 4) is 0 Å². The van der Waals surface area contributed by atoms with Crippen molar-refractivity contribution in [1.29, 1.82) is 0 Å². The summed E-state index contributed by atoms with van der Waals surface area (Å²) in [7, 11) is 0. The van der Waals surface area contributed by atoms with Gasteiger partial charge in [0.15, 0.2) is 0 Å². The van der Waals surface area contributed by atoms with Gasteiger partial charge in [-0.1, -0.05) is 10.3 Å². The lowest BCUT2D eigenvalue weighted by molar-refractivity contribution is 0.0619. The van der Waals surface area contributed by atoms with E-state index in [-0.39, 0.29) is 5.91 Å². The quantitative estimate of drug-likeness (QED) is 0.780. The Morgan fingerprint density at radius 3 is 2.43 bits per heavy atom. The fourth-order valence-electron chi connectivity index (χ4n) is 3.77. The lowest BCUT2D eigenvalue weighted by atomic mass is 10.1. The Bertz CT molecular complexity index is 823. The van der Waals surface area contributed by atoms with Crippen molar-refractivity contribution < 1.29 is 9.42 Å². The van der Waals surface area contributed by atoms with Gasteiger partial charge in [0.25, 0.3) is 5.91 Å². The molecule has 9 nitrogen and oxygen atoms in total. The molecule has 9 heteroatoms. The third-order valence-corrected chi connectivity index (χ3v) is 5.48. The molecule has 2 aromatic heterocycles. The van der Waals surface area contributed by atoms with E-state index in [2.05, 4.69) is 30.1 Å². The van der Waals surface area contributed by atoms with Crippen LogP contribution in [0.2, 0.25) is 0 Å². The number of amides is 1. The number of anilines is 1. The molecule has 0 spiro atoms. The number of hydrogen-bond donors (Lipinski definition) is 0. The van der Waals surface area contributed by atoms with Crippen LogP contribution in [-0.2, 0) is 6.54 Å². The normalized spacial score (nSPS) is 18.5. The molecule has 0 radical (unpaired) electrons. The van der Waals surface area contributed by atoms with Crippen molar-refractivity contribution in [1.82, 2.24) is 30.1 Å². The highest BCUT2D eigenvalue weighted by molar-refractivity contribution is 5.92. The third-order valence-electron chi connectivity index (χ3n) is 5.48. The summed E-state index contributed by atoms with van der Waals surface area (Å²) >= 11 is 0. The zero-order chi connectivity index (χ0) is 19.5. The van der Waals surface area contributed by atoms with E-state index in [1.54, 1.807) is 6.07 Å². The van der Waals surface area contributed by atoms with Crippen LogP contribution >= 0.6 is 0 Å². The van der Waals surface area contributed by atoms with Gasteiger partial charge in [0.05, 0.1) is 0 Å². The molecule has 2 aliphatic heterocycles. The summed E-state index contributed by atoms with van der Waals surface area (Å²) in [4.78, 5) is 28.5. The Hall–Kier alpha value is -2.55. The van der Waals surface area contributed by atoms with Crippen molar-refractivity contribution in [2.45, 2.75) is 39.7 Å². The van der Waals surface area contributed by atoms with Gasteiger partial charge in [-0.05, 0) is 39.2 Å². The smallest absolute Gasteiger partial charge is 0.272 e. The molecule has 4 rings (SSSR count). The SMILES string of the molecule is Cc1cc(C(=O)N2CCN(Cc3nonc3C)CC2)nc(N2CCCCC2)n1. The molecular formula is C19H27N7O2. The van der Waals surface area contributed by atoms with Crippen LogP contribution in [0.15, 0.2) is 10.7 Å². The number of carbonyl (C=O) groups excluding carboxylic acids is 1. The van der Waals surface area contributed by atoms with Crippen molar-refractivity contribution >= 4 is 11.9 Å². The van der Waals surface area contributed by atoms with Gasteiger partial charge in [-0.2, -0.15) is 0 Å². The van der Waals surface area contributed by atoms with Gasteiger partial charge in [-0.3, -0.25) is 9.69 Å². The average Bonchev–Trinajstić information content (AvgIpc) is 3.13. The molecule has 0 N–H and O–H groups in total. The number of aryl methyl sites for hydroxylation is 2. The van der Waals surface area contributed by atoms with Gasteiger partial charge < -0.3 is 9.80 Å². The van der Waals surface area contributed by atoms with Crippen LogP contribution < -0.4 is 4.90 Å². The van der Waals surface area contributed by atoms with Crippen molar-refractivity contribution in [3.05, 3.63) is 28.8 Å². The van der Waals surface area contributed by atoms with Crippen LogP contribution in [0.25, 0.3) is 0 Å². The Morgan fingerprint density at radius 1 is 1.00 bits per heavy atom. The molecule has 4 heterocycles. The monoisotopic (exact) mass is 385 g/mol. The van der Waals surface area contributed by atoms with Gasteiger partial charge in [-0.25, -0.2) is 14.6 Å². The summed E-state index contributed by atoms with van der Waals surface area (Å²) in [6.45, 7) is 9.38. The van der Waals surface area contributed by atoms with E-state index in [0.29, 0.717) is 31.3 Å². The van der Waals surface area contributed by atoms with Crippen molar-refractivity contribution in [2.24, 2.45) is 0 Å². The van der Waals surface area contributed by atoms with Crippen LogP contribution in [0.1, 0.15) is 46.8 Å². The lowest BCUT2D eigenvalue weighted by Gasteiger charge is -2.34. The minimum atomic E-state index is -0.0114. The molecule has 0 unspecified atom stereocenters. The van der Waals surface area contributed by atoms with Gasteiger partial charge in [0.1, 0.15) is 17.1 Å². The Kier molecular flexibility index (Phi) is 5.52. The predicted octanol–water partition coefficient (Wildman–Crippen LogP) is 1.42. The second-order valence-corrected chi connectivity index (χ2v) is 7.61.